The molecular weight excluding hydrogens is 286 g/mol. The lowest BCUT2D eigenvalue weighted by Gasteiger charge is -2.33. The highest BCUT2D eigenvalue weighted by molar-refractivity contribution is 5.78. The maximum Gasteiger partial charge on any atom is 0.311 e. The summed E-state index contributed by atoms with van der Waals surface area (Å²) >= 11 is 0. The predicted molar refractivity (Wildman–Crippen MR) is 77.9 cm³/mol. The molecule has 0 bridgehead atoms. The van der Waals surface area contributed by atoms with Crippen molar-refractivity contribution in [3.8, 4) is 0 Å². The second-order valence-corrected chi connectivity index (χ2v) is 6.76. The van der Waals surface area contributed by atoms with Gasteiger partial charge < -0.3 is 14.6 Å². The van der Waals surface area contributed by atoms with E-state index in [9.17, 15) is 14.7 Å². The van der Waals surface area contributed by atoms with Gasteiger partial charge in [-0.05, 0) is 32.8 Å². The Morgan fingerprint density at radius 3 is 2.68 bits per heavy atom. The number of carbonyl (C=O) groups excluding carboxylic acids is 2. The lowest BCUT2D eigenvalue weighted by molar-refractivity contribution is -0.171. The van der Waals surface area contributed by atoms with E-state index in [1.165, 1.54) is 6.92 Å². The normalized spacial score (nSPS) is 43.0. The summed E-state index contributed by atoms with van der Waals surface area (Å²) in [6, 6.07) is 0.00213. The van der Waals surface area contributed by atoms with E-state index in [1.807, 2.05) is 6.08 Å². The molecule has 22 heavy (non-hydrogen) atoms. The molecule has 2 saturated heterocycles. The predicted octanol–water partition coefficient (Wildman–Crippen LogP) is 0.492. The Morgan fingerprint density at radius 2 is 1.95 bits per heavy atom. The molecule has 0 amide bonds. The molecule has 6 nitrogen and oxygen atoms in total. The highest BCUT2D eigenvalue weighted by atomic mass is 16.6. The van der Waals surface area contributed by atoms with E-state index < -0.39 is 29.4 Å². The standard InChI is InChI=1S/C16H23NO5/c1-9-14(18)21-8-11-4-6-17-7-5-12(13(11)17)22-15(19)10(2)16(9,3)20/h4,9-10,12-13,20H,5-8H2,1-3H3/t9-,10+,12+,13-,16-/m0/s1. The number of aliphatic hydroxyl groups is 1. The Balaban J connectivity index is 1.92. The average molecular weight is 309 g/mol. The lowest BCUT2D eigenvalue weighted by Crippen LogP contribution is -2.48. The number of hydrogen-bond donors (Lipinski definition) is 1. The lowest BCUT2D eigenvalue weighted by atomic mass is 9.80. The van der Waals surface area contributed by atoms with Crippen LogP contribution in [-0.2, 0) is 19.1 Å². The topological polar surface area (TPSA) is 76.1 Å². The Bertz CT molecular complexity index is 527. The van der Waals surface area contributed by atoms with Gasteiger partial charge in [0.1, 0.15) is 12.7 Å². The van der Waals surface area contributed by atoms with Gasteiger partial charge in [-0.15, -0.1) is 0 Å². The minimum atomic E-state index is -1.50. The third-order valence-corrected chi connectivity index (χ3v) is 5.52. The van der Waals surface area contributed by atoms with Gasteiger partial charge in [-0.3, -0.25) is 14.5 Å². The van der Waals surface area contributed by atoms with Crippen LogP contribution in [0.15, 0.2) is 11.6 Å². The number of ether oxygens (including phenoxy) is 2. The summed E-state index contributed by atoms with van der Waals surface area (Å²) in [4.78, 5) is 26.8. The largest absolute Gasteiger partial charge is 0.461 e. The summed E-state index contributed by atoms with van der Waals surface area (Å²) in [5, 5.41) is 10.6. The Hall–Kier alpha value is -1.40. The summed E-state index contributed by atoms with van der Waals surface area (Å²) in [6.45, 7) is 6.53. The summed E-state index contributed by atoms with van der Waals surface area (Å²) in [5.41, 5.74) is -0.509. The van der Waals surface area contributed by atoms with E-state index >= 15 is 0 Å². The van der Waals surface area contributed by atoms with E-state index in [1.54, 1.807) is 13.8 Å². The molecule has 122 valence electrons. The van der Waals surface area contributed by atoms with Gasteiger partial charge in [0.2, 0.25) is 0 Å². The molecule has 6 heteroatoms. The molecule has 0 aromatic rings. The fourth-order valence-corrected chi connectivity index (χ4v) is 3.51. The van der Waals surface area contributed by atoms with Crippen molar-refractivity contribution in [3.63, 3.8) is 0 Å². The van der Waals surface area contributed by atoms with Crippen LogP contribution in [0.3, 0.4) is 0 Å². The first-order chi connectivity index (χ1) is 10.3. The molecule has 0 unspecified atom stereocenters. The number of carbonyl (C=O) groups is 2. The number of cyclic esters (lactones) is 1. The van der Waals surface area contributed by atoms with Gasteiger partial charge in [0.05, 0.1) is 23.5 Å². The van der Waals surface area contributed by atoms with Crippen molar-refractivity contribution in [2.45, 2.75) is 44.9 Å². The fraction of sp³-hybridized carbons (Fsp3) is 0.750. The maximum atomic E-state index is 12.4. The first-order valence-corrected chi connectivity index (χ1v) is 7.85. The second kappa shape index (κ2) is 5.35. The third-order valence-electron chi connectivity index (χ3n) is 5.52. The molecular formula is C16H23NO5. The quantitative estimate of drug-likeness (QED) is 0.518. The molecule has 1 N–H and O–H groups in total. The summed E-state index contributed by atoms with van der Waals surface area (Å²) in [5.74, 6) is -2.53. The second-order valence-electron chi connectivity index (χ2n) is 6.76. The Labute approximate surface area is 130 Å². The summed E-state index contributed by atoms with van der Waals surface area (Å²) in [6.07, 6.45) is 2.58. The smallest absolute Gasteiger partial charge is 0.311 e. The molecule has 5 atom stereocenters. The van der Waals surface area contributed by atoms with Crippen molar-refractivity contribution in [1.29, 1.82) is 0 Å². The van der Waals surface area contributed by atoms with Crippen LogP contribution >= 0.6 is 0 Å². The molecule has 3 aliphatic rings. The average Bonchev–Trinajstić information content (AvgIpc) is 3.05. The van der Waals surface area contributed by atoms with Crippen molar-refractivity contribution < 1.29 is 24.2 Å². The molecule has 0 saturated carbocycles. The highest BCUT2D eigenvalue weighted by Crippen LogP contribution is 2.35. The van der Waals surface area contributed by atoms with Crippen LogP contribution in [0.2, 0.25) is 0 Å². The minimum Gasteiger partial charge on any atom is -0.461 e. The molecule has 0 aromatic carbocycles. The first kappa shape index (κ1) is 15.5. The Morgan fingerprint density at radius 1 is 1.27 bits per heavy atom. The van der Waals surface area contributed by atoms with E-state index in [4.69, 9.17) is 9.47 Å². The molecule has 3 heterocycles. The maximum absolute atomic E-state index is 12.4. The fourth-order valence-electron chi connectivity index (χ4n) is 3.51. The summed E-state index contributed by atoms with van der Waals surface area (Å²) in [7, 11) is 0. The van der Waals surface area contributed by atoms with E-state index in [2.05, 4.69) is 4.90 Å². The van der Waals surface area contributed by atoms with Gasteiger partial charge >= 0.3 is 11.9 Å². The zero-order valence-electron chi connectivity index (χ0n) is 13.2. The van der Waals surface area contributed by atoms with Crippen LogP contribution in [-0.4, -0.2) is 59.4 Å². The number of nitrogens with zero attached hydrogens (tertiary/aromatic N) is 1. The zero-order valence-corrected chi connectivity index (χ0v) is 13.2. The van der Waals surface area contributed by atoms with Crippen LogP contribution in [0, 0.1) is 11.8 Å². The van der Waals surface area contributed by atoms with Crippen molar-refractivity contribution in [2.24, 2.45) is 11.8 Å². The molecule has 2 fully saturated rings. The van der Waals surface area contributed by atoms with Crippen molar-refractivity contribution in [3.05, 3.63) is 11.6 Å². The molecule has 0 spiro atoms. The Kier molecular flexibility index (Phi) is 3.77. The molecule has 0 aromatic heterocycles. The minimum absolute atomic E-state index is 0.00213. The monoisotopic (exact) mass is 309 g/mol. The van der Waals surface area contributed by atoms with Crippen molar-refractivity contribution in [2.75, 3.05) is 19.7 Å². The number of esters is 2. The van der Waals surface area contributed by atoms with Gasteiger partial charge in [-0.2, -0.15) is 0 Å². The zero-order chi connectivity index (χ0) is 16.1. The van der Waals surface area contributed by atoms with Crippen LogP contribution in [0.5, 0.6) is 0 Å². The van der Waals surface area contributed by atoms with E-state index in [0.29, 0.717) is 0 Å². The van der Waals surface area contributed by atoms with Crippen LogP contribution in [0.4, 0.5) is 0 Å². The molecule has 3 rings (SSSR count). The van der Waals surface area contributed by atoms with Crippen LogP contribution in [0.25, 0.3) is 0 Å². The number of rotatable bonds is 0. The van der Waals surface area contributed by atoms with Gasteiger partial charge in [-0.25, -0.2) is 0 Å². The van der Waals surface area contributed by atoms with E-state index in [-0.39, 0.29) is 18.8 Å². The molecule has 0 aliphatic carbocycles. The van der Waals surface area contributed by atoms with Crippen LogP contribution in [0.1, 0.15) is 27.2 Å². The van der Waals surface area contributed by atoms with Gasteiger partial charge in [0, 0.05) is 13.1 Å². The first-order valence-electron chi connectivity index (χ1n) is 7.85. The number of hydrogen-bond acceptors (Lipinski definition) is 6. The highest BCUT2D eigenvalue weighted by Gasteiger charge is 2.48. The van der Waals surface area contributed by atoms with E-state index in [0.717, 1.165) is 25.1 Å². The van der Waals surface area contributed by atoms with Gasteiger partial charge in [0.15, 0.2) is 0 Å². The van der Waals surface area contributed by atoms with Crippen LogP contribution < -0.4 is 0 Å². The molecule has 0 radical (unpaired) electrons. The summed E-state index contributed by atoms with van der Waals surface area (Å²) < 4.78 is 11.1. The van der Waals surface area contributed by atoms with Crippen molar-refractivity contribution in [1.82, 2.24) is 4.90 Å². The third kappa shape index (κ3) is 2.34. The van der Waals surface area contributed by atoms with Gasteiger partial charge in [-0.1, -0.05) is 6.08 Å². The SMILES string of the molecule is C[C@@H]1C(=O)O[C@@H]2CCN3CC=C(COC(=O)[C@H](C)[C@]1(C)O)[C@@H]23. The van der Waals surface area contributed by atoms with Gasteiger partial charge in [0.25, 0.3) is 0 Å². The molecule has 3 aliphatic heterocycles. The van der Waals surface area contributed by atoms with Crippen molar-refractivity contribution >= 4 is 11.9 Å².